The summed E-state index contributed by atoms with van der Waals surface area (Å²) in [5.74, 6) is 0.854. The Hall–Kier alpha value is -2.35. The SMILES string of the molecule is Cc1cc(CN2CCN(C(=O)C3CC3c3ccc(C(F)(F)F)cc3)CC2)on1. The third kappa shape index (κ3) is 4.06. The Kier molecular flexibility index (Phi) is 4.91. The van der Waals surface area contributed by atoms with Gasteiger partial charge in [0.05, 0.1) is 17.8 Å². The lowest BCUT2D eigenvalue weighted by Gasteiger charge is -2.34. The second-order valence-corrected chi connectivity index (χ2v) is 7.60. The lowest BCUT2D eigenvalue weighted by atomic mass is 10.1. The number of nitrogens with zero attached hydrogens (tertiary/aromatic N) is 3. The first kappa shape index (κ1) is 19.0. The molecule has 1 amide bonds. The highest BCUT2D eigenvalue weighted by Gasteiger charge is 2.46. The number of carbonyl (C=O) groups excluding carboxylic acids is 1. The number of carbonyl (C=O) groups is 1. The predicted octanol–water partition coefficient (Wildman–Crippen LogP) is 3.45. The molecule has 2 aromatic rings. The molecule has 0 spiro atoms. The molecule has 2 fully saturated rings. The van der Waals surface area contributed by atoms with E-state index in [-0.39, 0.29) is 17.7 Å². The Morgan fingerprint density at radius 2 is 1.86 bits per heavy atom. The molecule has 150 valence electrons. The van der Waals surface area contributed by atoms with E-state index in [1.165, 1.54) is 12.1 Å². The maximum Gasteiger partial charge on any atom is 0.416 e. The Morgan fingerprint density at radius 3 is 2.43 bits per heavy atom. The smallest absolute Gasteiger partial charge is 0.360 e. The average molecular weight is 393 g/mol. The van der Waals surface area contributed by atoms with Gasteiger partial charge in [-0.1, -0.05) is 17.3 Å². The lowest BCUT2D eigenvalue weighted by molar-refractivity contribution is -0.137. The van der Waals surface area contributed by atoms with Crippen molar-refractivity contribution >= 4 is 5.91 Å². The molecule has 28 heavy (non-hydrogen) atoms. The van der Waals surface area contributed by atoms with Crippen LogP contribution in [0.25, 0.3) is 0 Å². The molecule has 1 aromatic carbocycles. The molecular formula is C20H22F3N3O2. The van der Waals surface area contributed by atoms with Gasteiger partial charge in [-0.3, -0.25) is 9.69 Å². The summed E-state index contributed by atoms with van der Waals surface area (Å²) in [4.78, 5) is 16.8. The predicted molar refractivity (Wildman–Crippen MR) is 95.4 cm³/mol. The molecule has 2 heterocycles. The maximum absolute atomic E-state index is 12.7. The standard InChI is InChI=1S/C20H22F3N3O2/c1-13-10-16(28-24-13)12-25-6-8-26(9-7-25)19(27)18-11-17(18)14-2-4-15(5-3-14)20(21,22)23/h2-5,10,17-18H,6-9,11-12H2,1H3. The fourth-order valence-electron chi connectivity index (χ4n) is 3.83. The van der Waals surface area contributed by atoms with E-state index >= 15 is 0 Å². The summed E-state index contributed by atoms with van der Waals surface area (Å²) in [7, 11) is 0. The summed E-state index contributed by atoms with van der Waals surface area (Å²) >= 11 is 0. The number of benzene rings is 1. The molecule has 0 bridgehead atoms. The molecule has 0 radical (unpaired) electrons. The molecule has 2 unspecified atom stereocenters. The number of hydrogen-bond acceptors (Lipinski definition) is 4. The van der Waals surface area contributed by atoms with Gasteiger partial charge in [-0.15, -0.1) is 0 Å². The molecule has 5 nitrogen and oxygen atoms in total. The van der Waals surface area contributed by atoms with Crippen molar-refractivity contribution in [3.05, 3.63) is 52.9 Å². The van der Waals surface area contributed by atoms with Crippen LogP contribution in [0, 0.1) is 12.8 Å². The Labute approximate surface area is 161 Å². The highest BCUT2D eigenvalue weighted by atomic mass is 19.4. The van der Waals surface area contributed by atoms with E-state index in [9.17, 15) is 18.0 Å². The number of aromatic nitrogens is 1. The van der Waals surface area contributed by atoms with Crippen molar-refractivity contribution in [3.63, 3.8) is 0 Å². The van der Waals surface area contributed by atoms with Gasteiger partial charge in [0.15, 0.2) is 5.76 Å². The highest BCUT2D eigenvalue weighted by Crippen LogP contribution is 2.49. The van der Waals surface area contributed by atoms with Gasteiger partial charge in [-0.25, -0.2) is 0 Å². The number of alkyl halides is 3. The van der Waals surface area contributed by atoms with Gasteiger partial charge in [-0.2, -0.15) is 13.2 Å². The number of piperazine rings is 1. The molecular weight excluding hydrogens is 371 g/mol. The minimum absolute atomic E-state index is 0.0324. The van der Waals surface area contributed by atoms with Crippen molar-refractivity contribution in [3.8, 4) is 0 Å². The van der Waals surface area contributed by atoms with E-state index in [1.54, 1.807) is 0 Å². The molecule has 8 heteroatoms. The molecule has 4 rings (SSSR count). The number of hydrogen-bond donors (Lipinski definition) is 0. The Balaban J connectivity index is 1.28. The molecule has 1 aliphatic heterocycles. The van der Waals surface area contributed by atoms with Gasteiger partial charge in [0.1, 0.15) is 0 Å². The summed E-state index contributed by atoms with van der Waals surface area (Å²) < 4.78 is 43.3. The van der Waals surface area contributed by atoms with E-state index in [1.807, 2.05) is 17.9 Å². The van der Waals surface area contributed by atoms with Crippen LogP contribution < -0.4 is 0 Å². The molecule has 1 aromatic heterocycles. The third-order valence-electron chi connectivity index (χ3n) is 5.51. The van der Waals surface area contributed by atoms with Crippen molar-refractivity contribution in [1.29, 1.82) is 0 Å². The first-order valence-electron chi connectivity index (χ1n) is 9.42. The summed E-state index contributed by atoms with van der Waals surface area (Å²) in [6, 6.07) is 7.10. The summed E-state index contributed by atoms with van der Waals surface area (Å²) in [5.41, 5.74) is 1.01. The molecule has 2 aliphatic rings. The lowest BCUT2D eigenvalue weighted by Crippen LogP contribution is -2.48. The summed E-state index contributed by atoms with van der Waals surface area (Å²) in [5, 5.41) is 3.88. The average Bonchev–Trinajstić information content (AvgIpc) is 3.37. The Morgan fingerprint density at radius 1 is 1.18 bits per heavy atom. The molecule has 0 N–H and O–H groups in total. The van der Waals surface area contributed by atoms with Crippen LogP contribution in [-0.4, -0.2) is 47.0 Å². The van der Waals surface area contributed by atoms with Gasteiger partial charge in [0.25, 0.3) is 0 Å². The van der Waals surface area contributed by atoms with E-state index < -0.39 is 11.7 Å². The van der Waals surface area contributed by atoms with Gasteiger partial charge in [0.2, 0.25) is 5.91 Å². The van der Waals surface area contributed by atoms with Crippen molar-refractivity contribution in [1.82, 2.24) is 15.0 Å². The zero-order valence-corrected chi connectivity index (χ0v) is 15.6. The Bertz CT molecular complexity index is 839. The molecule has 1 saturated carbocycles. The van der Waals surface area contributed by atoms with Crippen LogP contribution in [0.4, 0.5) is 13.2 Å². The minimum Gasteiger partial charge on any atom is -0.360 e. The normalized spacial score (nSPS) is 23.1. The maximum atomic E-state index is 12.7. The van der Waals surface area contributed by atoms with Crippen molar-refractivity contribution in [2.24, 2.45) is 5.92 Å². The van der Waals surface area contributed by atoms with Crippen LogP contribution in [0.1, 0.15) is 34.9 Å². The van der Waals surface area contributed by atoms with Gasteiger partial charge >= 0.3 is 6.18 Å². The van der Waals surface area contributed by atoms with E-state index in [2.05, 4.69) is 10.1 Å². The molecule has 1 saturated heterocycles. The number of amides is 1. The van der Waals surface area contributed by atoms with Crippen molar-refractivity contribution in [2.75, 3.05) is 26.2 Å². The first-order chi connectivity index (χ1) is 13.3. The molecule has 2 atom stereocenters. The number of rotatable bonds is 4. The highest BCUT2D eigenvalue weighted by molar-refractivity contribution is 5.83. The largest absolute Gasteiger partial charge is 0.416 e. The minimum atomic E-state index is -4.33. The van der Waals surface area contributed by atoms with E-state index in [4.69, 9.17) is 4.52 Å². The fraction of sp³-hybridized carbons (Fsp3) is 0.500. The van der Waals surface area contributed by atoms with Crippen LogP contribution in [0.5, 0.6) is 0 Å². The van der Waals surface area contributed by atoms with Crippen molar-refractivity contribution in [2.45, 2.75) is 32.0 Å². The van der Waals surface area contributed by atoms with Crippen molar-refractivity contribution < 1.29 is 22.5 Å². The molecule has 1 aliphatic carbocycles. The summed E-state index contributed by atoms with van der Waals surface area (Å²) in [6.07, 6.45) is -3.62. The first-order valence-corrected chi connectivity index (χ1v) is 9.42. The number of aryl methyl sites for hydroxylation is 1. The second-order valence-electron chi connectivity index (χ2n) is 7.60. The van der Waals surface area contributed by atoms with Crippen LogP contribution in [0.15, 0.2) is 34.9 Å². The fourth-order valence-corrected chi connectivity index (χ4v) is 3.83. The third-order valence-corrected chi connectivity index (χ3v) is 5.51. The second kappa shape index (κ2) is 7.24. The van der Waals surface area contributed by atoms with Crippen LogP contribution >= 0.6 is 0 Å². The van der Waals surface area contributed by atoms with Gasteiger partial charge in [-0.05, 0) is 37.0 Å². The monoisotopic (exact) mass is 393 g/mol. The quantitative estimate of drug-likeness (QED) is 0.799. The zero-order valence-electron chi connectivity index (χ0n) is 15.6. The van der Waals surface area contributed by atoms with Crippen LogP contribution in [-0.2, 0) is 17.5 Å². The van der Waals surface area contributed by atoms with E-state index in [0.29, 0.717) is 26.1 Å². The van der Waals surface area contributed by atoms with E-state index in [0.717, 1.165) is 42.2 Å². The summed E-state index contributed by atoms with van der Waals surface area (Å²) in [6.45, 7) is 5.41. The van der Waals surface area contributed by atoms with Gasteiger partial charge < -0.3 is 9.42 Å². The topological polar surface area (TPSA) is 49.6 Å². The number of halogens is 3. The van der Waals surface area contributed by atoms with Gasteiger partial charge in [0, 0.05) is 38.2 Å². The van der Waals surface area contributed by atoms with Crippen LogP contribution in [0.2, 0.25) is 0 Å². The zero-order chi connectivity index (χ0) is 19.9. The van der Waals surface area contributed by atoms with Crippen LogP contribution in [0.3, 0.4) is 0 Å².